The standard InChI is InChI=1S/C11H17F3N4O2/c1-3-4-5-18-8(15)7(10(19)20-2)9(17-18)16-6-11(12,13)14/h3-6,15H2,1-2H3,(H,16,17). The number of carbonyl (C=O) groups is 1. The zero-order chi connectivity index (χ0) is 15.3. The van der Waals surface area contributed by atoms with Crippen LogP contribution in [0.15, 0.2) is 0 Å². The molecule has 0 amide bonds. The Balaban J connectivity index is 3.03. The fourth-order valence-corrected chi connectivity index (χ4v) is 1.56. The molecule has 0 aliphatic heterocycles. The van der Waals surface area contributed by atoms with E-state index < -0.39 is 18.7 Å². The van der Waals surface area contributed by atoms with Crippen molar-refractivity contribution < 1.29 is 22.7 Å². The number of nitrogens with zero attached hydrogens (tertiary/aromatic N) is 2. The van der Waals surface area contributed by atoms with Crippen LogP contribution in [-0.4, -0.2) is 35.6 Å². The summed E-state index contributed by atoms with van der Waals surface area (Å²) >= 11 is 0. The van der Waals surface area contributed by atoms with Crippen LogP contribution in [0.1, 0.15) is 30.1 Å². The van der Waals surface area contributed by atoms with E-state index in [0.717, 1.165) is 20.0 Å². The Morgan fingerprint density at radius 2 is 2.15 bits per heavy atom. The van der Waals surface area contributed by atoms with Gasteiger partial charge in [-0.3, -0.25) is 0 Å². The van der Waals surface area contributed by atoms with Crippen molar-refractivity contribution in [3.63, 3.8) is 0 Å². The molecule has 9 heteroatoms. The molecule has 1 aromatic rings. The van der Waals surface area contributed by atoms with E-state index in [1.807, 2.05) is 6.92 Å². The first-order valence-corrected chi connectivity index (χ1v) is 6.05. The predicted octanol–water partition coefficient (Wildman–Crippen LogP) is 2.03. The number of nitrogens with one attached hydrogen (secondary N) is 1. The van der Waals surface area contributed by atoms with Crippen LogP contribution in [0.5, 0.6) is 0 Å². The Labute approximate surface area is 114 Å². The maximum Gasteiger partial charge on any atom is 0.405 e. The summed E-state index contributed by atoms with van der Waals surface area (Å²) < 4.78 is 42.5. The summed E-state index contributed by atoms with van der Waals surface area (Å²) in [5.41, 5.74) is 5.57. The Bertz CT molecular complexity index is 471. The molecule has 114 valence electrons. The lowest BCUT2D eigenvalue weighted by Crippen LogP contribution is -2.22. The Hall–Kier alpha value is -1.93. The molecule has 1 aromatic heterocycles. The molecule has 0 radical (unpaired) electrons. The minimum atomic E-state index is -4.42. The lowest BCUT2D eigenvalue weighted by Gasteiger charge is -2.08. The highest BCUT2D eigenvalue weighted by atomic mass is 19.4. The van der Waals surface area contributed by atoms with Crippen LogP contribution in [0.2, 0.25) is 0 Å². The van der Waals surface area contributed by atoms with Gasteiger partial charge in [-0.15, -0.1) is 0 Å². The van der Waals surface area contributed by atoms with Crippen LogP contribution in [0.25, 0.3) is 0 Å². The van der Waals surface area contributed by atoms with Gasteiger partial charge in [0.2, 0.25) is 0 Å². The van der Waals surface area contributed by atoms with E-state index in [9.17, 15) is 18.0 Å². The number of esters is 1. The van der Waals surface area contributed by atoms with Gasteiger partial charge in [0.25, 0.3) is 0 Å². The van der Waals surface area contributed by atoms with Crippen molar-refractivity contribution in [2.45, 2.75) is 32.5 Å². The smallest absolute Gasteiger partial charge is 0.405 e. The molecule has 1 rings (SSSR count). The molecule has 6 nitrogen and oxygen atoms in total. The van der Waals surface area contributed by atoms with E-state index in [4.69, 9.17) is 5.73 Å². The molecular formula is C11H17F3N4O2. The van der Waals surface area contributed by atoms with E-state index >= 15 is 0 Å². The van der Waals surface area contributed by atoms with Crippen LogP contribution in [0.4, 0.5) is 24.8 Å². The van der Waals surface area contributed by atoms with Gasteiger partial charge < -0.3 is 15.8 Å². The van der Waals surface area contributed by atoms with Gasteiger partial charge in [-0.1, -0.05) is 13.3 Å². The predicted molar refractivity (Wildman–Crippen MR) is 67.4 cm³/mol. The molecule has 0 aliphatic carbocycles. The third-order valence-corrected chi connectivity index (χ3v) is 2.56. The highest BCUT2D eigenvalue weighted by Crippen LogP contribution is 2.25. The number of alkyl halides is 3. The van der Waals surface area contributed by atoms with Crippen molar-refractivity contribution in [3.8, 4) is 0 Å². The van der Waals surface area contributed by atoms with E-state index in [0.29, 0.717) is 6.54 Å². The molecule has 0 bridgehead atoms. The largest absolute Gasteiger partial charge is 0.465 e. The Kier molecular flexibility index (Phi) is 5.23. The number of hydrogen-bond donors (Lipinski definition) is 2. The van der Waals surface area contributed by atoms with Gasteiger partial charge in [0.15, 0.2) is 5.82 Å². The molecule has 0 saturated heterocycles. The monoisotopic (exact) mass is 294 g/mol. The maximum atomic E-state index is 12.2. The minimum absolute atomic E-state index is 0.00465. The van der Waals surface area contributed by atoms with Crippen molar-refractivity contribution in [3.05, 3.63) is 5.56 Å². The maximum absolute atomic E-state index is 12.2. The summed E-state index contributed by atoms with van der Waals surface area (Å²) in [6, 6.07) is 0. The summed E-state index contributed by atoms with van der Waals surface area (Å²) in [4.78, 5) is 11.6. The third-order valence-electron chi connectivity index (χ3n) is 2.56. The van der Waals surface area contributed by atoms with Crippen LogP contribution in [-0.2, 0) is 11.3 Å². The number of aryl methyl sites for hydroxylation is 1. The van der Waals surface area contributed by atoms with E-state index in [-0.39, 0.29) is 17.2 Å². The van der Waals surface area contributed by atoms with Crippen LogP contribution < -0.4 is 11.1 Å². The first-order valence-electron chi connectivity index (χ1n) is 6.05. The molecule has 0 spiro atoms. The SMILES string of the molecule is CCCCn1nc(NCC(F)(F)F)c(C(=O)OC)c1N. The van der Waals surface area contributed by atoms with Crippen molar-refractivity contribution in [1.29, 1.82) is 0 Å². The van der Waals surface area contributed by atoms with Gasteiger partial charge in [0.05, 0.1) is 7.11 Å². The van der Waals surface area contributed by atoms with Gasteiger partial charge in [-0.2, -0.15) is 18.3 Å². The van der Waals surface area contributed by atoms with Gasteiger partial charge >= 0.3 is 12.1 Å². The number of methoxy groups -OCH3 is 1. The fourth-order valence-electron chi connectivity index (χ4n) is 1.56. The summed E-state index contributed by atoms with van der Waals surface area (Å²) in [7, 11) is 1.12. The number of anilines is 2. The molecule has 0 aliphatic rings. The first kappa shape index (κ1) is 16.1. The van der Waals surface area contributed by atoms with E-state index in [2.05, 4.69) is 15.2 Å². The average Bonchev–Trinajstić information content (AvgIpc) is 2.69. The molecule has 0 fully saturated rings. The molecule has 0 unspecified atom stereocenters. The normalized spacial score (nSPS) is 11.4. The third kappa shape index (κ3) is 4.04. The van der Waals surface area contributed by atoms with E-state index in [1.54, 1.807) is 0 Å². The van der Waals surface area contributed by atoms with Crippen molar-refractivity contribution >= 4 is 17.6 Å². The molecular weight excluding hydrogens is 277 g/mol. The Morgan fingerprint density at radius 3 is 2.65 bits per heavy atom. The topological polar surface area (TPSA) is 82.2 Å². The second kappa shape index (κ2) is 6.49. The molecule has 0 aromatic carbocycles. The molecule has 1 heterocycles. The van der Waals surface area contributed by atoms with Crippen molar-refractivity contribution in [1.82, 2.24) is 9.78 Å². The van der Waals surface area contributed by atoms with Gasteiger partial charge in [0, 0.05) is 6.54 Å². The lowest BCUT2D eigenvalue weighted by molar-refractivity contribution is -0.115. The van der Waals surface area contributed by atoms with E-state index in [1.165, 1.54) is 4.68 Å². The number of aromatic nitrogens is 2. The minimum Gasteiger partial charge on any atom is -0.465 e. The van der Waals surface area contributed by atoms with Crippen molar-refractivity contribution in [2.24, 2.45) is 0 Å². The second-order valence-corrected chi connectivity index (χ2v) is 4.15. The molecule has 0 saturated carbocycles. The van der Waals surface area contributed by atoms with Gasteiger partial charge in [-0.25, -0.2) is 9.48 Å². The van der Waals surface area contributed by atoms with Crippen LogP contribution >= 0.6 is 0 Å². The average molecular weight is 294 g/mol. The lowest BCUT2D eigenvalue weighted by atomic mass is 10.3. The number of hydrogen-bond acceptors (Lipinski definition) is 5. The quantitative estimate of drug-likeness (QED) is 0.784. The highest BCUT2D eigenvalue weighted by molar-refractivity contribution is 5.99. The molecule has 20 heavy (non-hydrogen) atoms. The number of unbranched alkanes of at least 4 members (excludes halogenated alkanes) is 1. The number of rotatable bonds is 6. The van der Waals surface area contributed by atoms with Gasteiger partial charge in [-0.05, 0) is 6.42 Å². The summed E-state index contributed by atoms with van der Waals surface area (Å²) in [6.07, 6.45) is -2.82. The first-order chi connectivity index (χ1) is 9.30. The summed E-state index contributed by atoms with van der Waals surface area (Å²) in [5.74, 6) is -1.05. The number of nitrogens with two attached hydrogens (primary N) is 1. The second-order valence-electron chi connectivity index (χ2n) is 4.15. The molecule has 3 N–H and O–H groups in total. The summed E-state index contributed by atoms with van der Waals surface area (Å²) in [6.45, 7) is 1.06. The number of ether oxygens (including phenoxy) is 1. The van der Waals surface area contributed by atoms with Crippen LogP contribution in [0, 0.1) is 0 Å². The Morgan fingerprint density at radius 1 is 1.50 bits per heavy atom. The molecule has 0 atom stereocenters. The zero-order valence-electron chi connectivity index (χ0n) is 11.3. The number of halogens is 3. The number of nitrogen functional groups attached to an aromatic ring is 1. The van der Waals surface area contributed by atoms with Crippen LogP contribution in [0.3, 0.4) is 0 Å². The number of carbonyl (C=O) groups excluding carboxylic acids is 1. The van der Waals surface area contributed by atoms with Crippen molar-refractivity contribution in [2.75, 3.05) is 24.7 Å². The fraction of sp³-hybridized carbons (Fsp3) is 0.636. The highest BCUT2D eigenvalue weighted by Gasteiger charge is 2.30. The van der Waals surface area contributed by atoms with Gasteiger partial charge in [0.1, 0.15) is 17.9 Å². The zero-order valence-corrected chi connectivity index (χ0v) is 11.3. The summed E-state index contributed by atoms with van der Waals surface area (Å²) in [5, 5.41) is 5.97.